The molecule has 1 aliphatic carbocycles. The maximum Gasteiger partial charge on any atom is 0.409 e. The van der Waals surface area contributed by atoms with Gasteiger partial charge in [0.1, 0.15) is 12.7 Å². The quantitative estimate of drug-likeness (QED) is 0.903. The van der Waals surface area contributed by atoms with Crippen molar-refractivity contribution in [3.8, 4) is 11.1 Å². The molecular formula is C22H25NO4. The molecule has 0 aromatic heterocycles. The van der Waals surface area contributed by atoms with Crippen LogP contribution in [0.15, 0.2) is 48.5 Å². The number of hydrogen-bond acceptors (Lipinski definition) is 4. The lowest BCUT2D eigenvalue weighted by Crippen LogP contribution is -2.53. The van der Waals surface area contributed by atoms with E-state index in [0.717, 1.165) is 0 Å². The Morgan fingerprint density at radius 1 is 1.15 bits per heavy atom. The summed E-state index contributed by atoms with van der Waals surface area (Å²) in [4.78, 5) is 14.2. The molecule has 1 fully saturated rings. The molecule has 2 aliphatic rings. The fourth-order valence-electron chi connectivity index (χ4n) is 3.93. The molecule has 1 amide bonds. The van der Waals surface area contributed by atoms with Crippen LogP contribution < -0.4 is 0 Å². The number of rotatable bonds is 3. The number of carbonyl (C=O) groups excluding carboxylic acids is 1. The fraction of sp³-hybridized carbons (Fsp3) is 0.409. The van der Waals surface area contributed by atoms with Crippen molar-refractivity contribution >= 4 is 6.09 Å². The molecule has 0 bridgehead atoms. The van der Waals surface area contributed by atoms with E-state index in [-0.39, 0.29) is 12.0 Å². The second-order valence-electron chi connectivity index (χ2n) is 7.76. The van der Waals surface area contributed by atoms with Crippen molar-refractivity contribution in [1.82, 2.24) is 4.90 Å². The first-order chi connectivity index (χ1) is 12.9. The predicted octanol–water partition coefficient (Wildman–Crippen LogP) is 3.41. The number of amides is 1. The van der Waals surface area contributed by atoms with E-state index in [1.165, 1.54) is 22.3 Å². The Bertz CT molecular complexity index is 797. The Labute approximate surface area is 159 Å². The molecule has 142 valence electrons. The summed E-state index contributed by atoms with van der Waals surface area (Å²) in [5.74, 6) is 0.0486. The van der Waals surface area contributed by atoms with E-state index in [2.05, 4.69) is 24.3 Å². The lowest BCUT2D eigenvalue weighted by Gasteiger charge is -2.38. The van der Waals surface area contributed by atoms with E-state index in [1.54, 1.807) is 18.7 Å². The van der Waals surface area contributed by atoms with Gasteiger partial charge in [-0.25, -0.2) is 4.79 Å². The van der Waals surface area contributed by atoms with Crippen molar-refractivity contribution in [3.05, 3.63) is 59.7 Å². The van der Waals surface area contributed by atoms with Gasteiger partial charge >= 0.3 is 6.09 Å². The summed E-state index contributed by atoms with van der Waals surface area (Å²) in [6, 6.07) is 16.6. The SMILES string of the molecule is CC(C)(O)C1CN(C(=O)OCC2c3ccccc3-c3ccccc32)CCO1. The maximum absolute atomic E-state index is 12.6. The van der Waals surface area contributed by atoms with Crippen molar-refractivity contribution in [1.29, 1.82) is 0 Å². The van der Waals surface area contributed by atoms with Gasteiger partial charge in [0.15, 0.2) is 0 Å². The third-order valence-electron chi connectivity index (χ3n) is 5.45. The number of benzene rings is 2. The van der Waals surface area contributed by atoms with Crippen molar-refractivity contribution in [2.45, 2.75) is 31.5 Å². The number of ether oxygens (including phenoxy) is 2. The van der Waals surface area contributed by atoms with E-state index in [4.69, 9.17) is 9.47 Å². The van der Waals surface area contributed by atoms with Gasteiger partial charge in [0.05, 0.1) is 18.8 Å². The predicted molar refractivity (Wildman–Crippen MR) is 103 cm³/mol. The highest BCUT2D eigenvalue weighted by atomic mass is 16.6. The normalized spacial score (nSPS) is 19.5. The van der Waals surface area contributed by atoms with Gasteiger partial charge in [-0.15, -0.1) is 0 Å². The van der Waals surface area contributed by atoms with E-state index in [9.17, 15) is 9.90 Å². The molecule has 0 saturated carbocycles. The summed E-state index contributed by atoms with van der Waals surface area (Å²) in [7, 11) is 0. The van der Waals surface area contributed by atoms with Gasteiger partial charge in [0, 0.05) is 12.5 Å². The minimum absolute atomic E-state index is 0.0486. The molecule has 1 heterocycles. The van der Waals surface area contributed by atoms with Crippen molar-refractivity contribution in [2.24, 2.45) is 0 Å². The zero-order valence-corrected chi connectivity index (χ0v) is 15.7. The van der Waals surface area contributed by atoms with Gasteiger partial charge in [-0.05, 0) is 36.1 Å². The molecule has 1 unspecified atom stereocenters. The number of nitrogens with zero attached hydrogens (tertiary/aromatic N) is 1. The van der Waals surface area contributed by atoms with Gasteiger partial charge < -0.3 is 19.5 Å². The van der Waals surface area contributed by atoms with E-state index < -0.39 is 11.7 Å². The van der Waals surface area contributed by atoms with Crippen LogP contribution in [0, 0.1) is 0 Å². The van der Waals surface area contributed by atoms with Crippen LogP contribution >= 0.6 is 0 Å². The molecule has 2 aromatic rings. The van der Waals surface area contributed by atoms with Crippen LogP contribution in [0.4, 0.5) is 4.79 Å². The molecule has 5 nitrogen and oxygen atoms in total. The van der Waals surface area contributed by atoms with Gasteiger partial charge in [0.2, 0.25) is 0 Å². The highest BCUT2D eigenvalue weighted by Crippen LogP contribution is 2.44. The number of carbonyl (C=O) groups is 1. The summed E-state index contributed by atoms with van der Waals surface area (Å²) in [6.07, 6.45) is -0.763. The number of fused-ring (bicyclic) bond motifs is 3. The first-order valence-electron chi connectivity index (χ1n) is 9.39. The maximum atomic E-state index is 12.6. The molecule has 4 rings (SSSR count). The second kappa shape index (κ2) is 6.98. The van der Waals surface area contributed by atoms with Crippen LogP contribution in [0.5, 0.6) is 0 Å². The van der Waals surface area contributed by atoms with E-state index >= 15 is 0 Å². The highest BCUT2D eigenvalue weighted by molar-refractivity contribution is 5.79. The Hall–Kier alpha value is -2.37. The second-order valence-corrected chi connectivity index (χ2v) is 7.76. The lowest BCUT2D eigenvalue weighted by atomic mass is 9.98. The first kappa shape index (κ1) is 18.0. The van der Waals surface area contributed by atoms with Crippen LogP contribution in [-0.2, 0) is 9.47 Å². The van der Waals surface area contributed by atoms with Crippen molar-refractivity contribution in [3.63, 3.8) is 0 Å². The van der Waals surface area contributed by atoms with Gasteiger partial charge in [-0.3, -0.25) is 0 Å². The smallest absolute Gasteiger partial charge is 0.409 e. The minimum Gasteiger partial charge on any atom is -0.448 e. The summed E-state index contributed by atoms with van der Waals surface area (Å²) < 4.78 is 11.3. The minimum atomic E-state index is -0.998. The molecule has 1 atom stereocenters. The topological polar surface area (TPSA) is 59.0 Å². The zero-order valence-electron chi connectivity index (χ0n) is 15.7. The molecular weight excluding hydrogens is 342 g/mol. The monoisotopic (exact) mass is 367 g/mol. The Balaban J connectivity index is 1.47. The molecule has 1 saturated heterocycles. The highest BCUT2D eigenvalue weighted by Gasteiger charge is 2.35. The summed E-state index contributed by atoms with van der Waals surface area (Å²) in [5, 5.41) is 10.2. The van der Waals surface area contributed by atoms with E-state index in [0.29, 0.717) is 26.3 Å². The third-order valence-corrected chi connectivity index (χ3v) is 5.45. The molecule has 0 spiro atoms. The molecule has 5 heteroatoms. The molecule has 1 aliphatic heterocycles. The summed E-state index contributed by atoms with van der Waals surface area (Å²) in [6.45, 7) is 4.90. The first-order valence-corrected chi connectivity index (χ1v) is 9.39. The van der Waals surface area contributed by atoms with Crippen molar-refractivity contribution < 1.29 is 19.4 Å². The standard InChI is InChI=1S/C22H25NO4/c1-22(2,25)20-13-23(11-12-26-20)21(24)27-14-19-17-9-5-3-7-15(17)16-8-4-6-10-18(16)19/h3-10,19-20,25H,11-14H2,1-2H3. The van der Waals surface area contributed by atoms with Gasteiger partial charge in [-0.1, -0.05) is 48.5 Å². The Kier molecular flexibility index (Phi) is 4.66. The molecule has 1 N–H and O–H groups in total. The third kappa shape index (κ3) is 3.45. The van der Waals surface area contributed by atoms with E-state index in [1.807, 2.05) is 24.3 Å². The fourth-order valence-corrected chi connectivity index (χ4v) is 3.93. The van der Waals surface area contributed by atoms with Gasteiger partial charge in [0.25, 0.3) is 0 Å². The van der Waals surface area contributed by atoms with Crippen LogP contribution in [0.1, 0.15) is 30.9 Å². The molecule has 2 aromatic carbocycles. The molecule has 0 radical (unpaired) electrons. The Morgan fingerprint density at radius 2 is 1.74 bits per heavy atom. The van der Waals surface area contributed by atoms with Crippen LogP contribution in [0.2, 0.25) is 0 Å². The van der Waals surface area contributed by atoms with Crippen LogP contribution in [-0.4, -0.2) is 54.1 Å². The average Bonchev–Trinajstić information content (AvgIpc) is 2.99. The van der Waals surface area contributed by atoms with Crippen LogP contribution in [0.3, 0.4) is 0 Å². The van der Waals surface area contributed by atoms with Crippen LogP contribution in [0.25, 0.3) is 11.1 Å². The number of hydrogen-bond donors (Lipinski definition) is 1. The van der Waals surface area contributed by atoms with Gasteiger partial charge in [-0.2, -0.15) is 0 Å². The van der Waals surface area contributed by atoms with Crippen molar-refractivity contribution in [2.75, 3.05) is 26.3 Å². The lowest BCUT2D eigenvalue weighted by molar-refractivity contribution is -0.123. The number of aliphatic hydroxyl groups is 1. The number of morpholine rings is 1. The zero-order chi connectivity index (χ0) is 19.0. The summed E-state index contributed by atoms with van der Waals surface area (Å²) in [5.41, 5.74) is 3.82. The summed E-state index contributed by atoms with van der Waals surface area (Å²) >= 11 is 0. The average molecular weight is 367 g/mol. The Morgan fingerprint density at radius 3 is 2.33 bits per heavy atom. The molecule has 27 heavy (non-hydrogen) atoms. The largest absolute Gasteiger partial charge is 0.448 e.